The maximum atomic E-state index is 5.09. The number of hydrogen-bond donors (Lipinski definition) is 1. The second kappa shape index (κ2) is 6.36. The van der Waals surface area contributed by atoms with Gasteiger partial charge in [0.25, 0.3) is 0 Å². The highest BCUT2D eigenvalue weighted by Crippen LogP contribution is 2.40. The Morgan fingerprint density at radius 3 is 2.63 bits per heavy atom. The SMILES string of the molecule is CNCC1CCCc2sc(C3CCCCCC3)nc21. The van der Waals surface area contributed by atoms with Crippen LogP contribution in [0.25, 0.3) is 0 Å². The average molecular weight is 278 g/mol. The van der Waals surface area contributed by atoms with Gasteiger partial charge in [0.2, 0.25) is 0 Å². The van der Waals surface area contributed by atoms with Crippen molar-refractivity contribution in [1.82, 2.24) is 10.3 Å². The molecule has 3 heteroatoms. The summed E-state index contributed by atoms with van der Waals surface area (Å²) in [7, 11) is 2.06. The molecule has 106 valence electrons. The first kappa shape index (κ1) is 13.6. The van der Waals surface area contributed by atoms with Crippen molar-refractivity contribution in [3.05, 3.63) is 15.6 Å². The zero-order valence-electron chi connectivity index (χ0n) is 12.1. The molecule has 2 nitrogen and oxygen atoms in total. The number of fused-ring (bicyclic) bond motifs is 1. The zero-order valence-corrected chi connectivity index (χ0v) is 12.9. The maximum absolute atomic E-state index is 5.09. The summed E-state index contributed by atoms with van der Waals surface area (Å²) in [6, 6.07) is 0. The third kappa shape index (κ3) is 3.03. The molecular formula is C16H26N2S. The van der Waals surface area contributed by atoms with Crippen molar-refractivity contribution >= 4 is 11.3 Å². The summed E-state index contributed by atoms with van der Waals surface area (Å²) >= 11 is 2.04. The van der Waals surface area contributed by atoms with E-state index in [1.54, 1.807) is 4.88 Å². The summed E-state index contributed by atoms with van der Waals surface area (Å²) in [5.74, 6) is 1.44. The standard InChI is InChI=1S/C16H26N2S/c1-17-11-13-9-6-10-14-15(13)18-16(19-14)12-7-4-2-3-5-8-12/h12-13,17H,2-11H2,1H3. The second-order valence-electron chi connectivity index (χ2n) is 6.20. The first-order chi connectivity index (χ1) is 9.38. The fourth-order valence-electron chi connectivity index (χ4n) is 3.67. The van der Waals surface area contributed by atoms with Crippen molar-refractivity contribution < 1.29 is 0 Å². The molecule has 0 bridgehead atoms. The first-order valence-electron chi connectivity index (χ1n) is 8.02. The number of nitrogens with one attached hydrogen (secondary N) is 1. The van der Waals surface area contributed by atoms with Crippen molar-refractivity contribution in [2.24, 2.45) is 0 Å². The van der Waals surface area contributed by atoms with E-state index in [1.807, 2.05) is 11.3 Å². The van der Waals surface area contributed by atoms with Gasteiger partial charge in [-0.3, -0.25) is 0 Å². The Kier molecular flexibility index (Phi) is 4.54. The number of aromatic nitrogens is 1. The minimum atomic E-state index is 0.671. The highest BCUT2D eigenvalue weighted by Gasteiger charge is 2.26. The molecule has 2 aliphatic carbocycles. The van der Waals surface area contributed by atoms with Crippen molar-refractivity contribution in [3.8, 4) is 0 Å². The van der Waals surface area contributed by atoms with Crippen molar-refractivity contribution in [2.45, 2.75) is 69.6 Å². The zero-order chi connectivity index (χ0) is 13.1. The number of rotatable bonds is 3. The fourth-order valence-corrected chi connectivity index (χ4v) is 5.03. The molecule has 3 rings (SSSR count). The molecule has 0 spiro atoms. The number of likely N-dealkylation sites (N-methyl/N-ethyl adjacent to an activating group) is 1. The Labute approximate surface area is 121 Å². The smallest absolute Gasteiger partial charge is 0.0962 e. The molecule has 1 N–H and O–H groups in total. The molecule has 19 heavy (non-hydrogen) atoms. The lowest BCUT2D eigenvalue weighted by Crippen LogP contribution is -2.21. The lowest BCUT2D eigenvalue weighted by atomic mass is 9.91. The van der Waals surface area contributed by atoms with E-state index in [-0.39, 0.29) is 0 Å². The van der Waals surface area contributed by atoms with Gasteiger partial charge in [0, 0.05) is 23.3 Å². The largest absolute Gasteiger partial charge is 0.319 e. The normalized spacial score (nSPS) is 25.0. The van der Waals surface area contributed by atoms with Crippen LogP contribution in [0.5, 0.6) is 0 Å². The van der Waals surface area contributed by atoms with Crippen LogP contribution in [0.4, 0.5) is 0 Å². The first-order valence-corrected chi connectivity index (χ1v) is 8.84. The van der Waals surface area contributed by atoms with Crippen LogP contribution in [0.15, 0.2) is 0 Å². The summed E-state index contributed by atoms with van der Waals surface area (Å²) in [6.45, 7) is 1.10. The molecule has 1 aromatic rings. The van der Waals surface area contributed by atoms with E-state index < -0.39 is 0 Å². The number of aryl methyl sites for hydroxylation is 1. The fraction of sp³-hybridized carbons (Fsp3) is 0.812. The Hall–Kier alpha value is -0.410. The molecule has 0 amide bonds. The number of thiazole rings is 1. The maximum Gasteiger partial charge on any atom is 0.0962 e. The lowest BCUT2D eigenvalue weighted by Gasteiger charge is -2.20. The Morgan fingerprint density at radius 1 is 1.11 bits per heavy atom. The van der Waals surface area contributed by atoms with E-state index in [0.717, 1.165) is 12.5 Å². The van der Waals surface area contributed by atoms with Crippen LogP contribution in [-0.2, 0) is 6.42 Å². The van der Waals surface area contributed by atoms with Crippen molar-refractivity contribution in [2.75, 3.05) is 13.6 Å². The lowest BCUT2D eigenvalue weighted by molar-refractivity contribution is 0.517. The van der Waals surface area contributed by atoms with Crippen molar-refractivity contribution in [3.63, 3.8) is 0 Å². The molecule has 1 atom stereocenters. The van der Waals surface area contributed by atoms with Crippen LogP contribution >= 0.6 is 11.3 Å². The quantitative estimate of drug-likeness (QED) is 0.837. The van der Waals surface area contributed by atoms with Gasteiger partial charge in [0.05, 0.1) is 10.7 Å². The Bertz CT molecular complexity index is 405. The third-order valence-corrected chi connectivity index (χ3v) is 6.04. The monoisotopic (exact) mass is 278 g/mol. The summed E-state index contributed by atoms with van der Waals surface area (Å²) in [5, 5.41) is 4.81. The Morgan fingerprint density at radius 2 is 1.89 bits per heavy atom. The molecule has 0 radical (unpaired) electrons. The van der Waals surface area contributed by atoms with E-state index in [2.05, 4.69) is 12.4 Å². The summed E-state index contributed by atoms with van der Waals surface area (Å²) in [5.41, 5.74) is 1.45. The molecule has 0 saturated heterocycles. The minimum absolute atomic E-state index is 0.671. The molecular weight excluding hydrogens is 252 g/mol. The van der Waals surface area contributed by atoms with Gasteiger partial charge >= 0.3 is 0 Å². The molecule has 1 unspecified atom stereocenters. The van der Waals surface area contributed by atoms with Gasteiger partial charge in [-0.25, -0.2) is 4.98 Å². The van der Waals surface area contributed by atoms with Gasteiger partial charge in [-0.15, -0.1) is 11.3 Å². The van der Waals surface area contributed by atoms with E-state index >= 15 is 0 Å². The van der Waals surface area contributed by atoms with Crippen LogP contribution in [0.2, 0.25) is 0 Å². The molecule has 1 saturated carbocycles. The minimum Gasteiger partial charge on any atom is -0.319 e. The summed E-state index contributed by atoms with van der Waals surface area (Å²) in [4.78, 5) is 6.70. The van der Waals surface area contributed by atoms with Crippen LogP contribution < -0.4 is 5.32 Å². The van der Waals surface area contributed by atoms with E-state index in [0.29, 0.717) is 5.92 Å². The number of nitrogens with zero attached hydrogens (tertiary/aromatic N) is 1. The molecule has 0 aromatic carbocycles. The van der Waals surface area contributed by atoms with Crippen LogP contribution in [-0.4, -0.2) is 18.6 Å². The highest BCUT2D eigenvalue weighted by molar-refractivity contribution is 7.11. The van der Waals surface area contributed by atoms with Crippen LogP contribution in [0.3, 0.4) is 0 Å². The van der Waals surface area contributed by atoms with E-state index in [1.165, 1.54) is 68.5 Å². The predicted octanol–water partition coefficient (Wildman–Crippen LogP) is 4.22. The molecule has 0 aliphatic heterocycles. The molecule has 1 fully saturated rings. The second-order valence-corrected chi connectivity index (χ2v) is 7.31. The van der Waals surface area contributed by atoms with E-state index in [9.17, 15) is 0 Å². The Balaban J connectivity index is 1.80. The molecule has 2 aliphatic rings. The number of hydrogen-bond acceptors (Lipinski definition) is 3. The van der Waals surface area contributed by atoms with Gasteiger partial charge in [-0.1, -0.05) is 25.7 Å². The van der Waals surface area contributed by atoms with Crippen molar-refractivity contribution in [1.29, 1.82) is 0 Å². The van der Waals surface area contributed by atoms with Gasteiger partial charge in [-0.2, -0.15) is 0 Å². The van der Waals surface area contributed by atoms with Gasteiger partial charge < -0.3 is 5.32 Å². The van der Waals surface area contributed by atoms with Gasteiger partial charge in [0.15, 0.2) is 0 Å². The van der Waals surface area contributed by atoms with Gasteiger partial charge in [0.1, 0.15) is 0 Å². The molecule has 1 heterocycles. The topological polar surface area (TPSA) is 24.9 Å². The van der Waals surface area contributed by atoms with Crippen LogP contribution in [0, 0.1) is 0 Å². The summed E-state index contributed by atoms with van der Waals surface area (Å²) in [6.07, 6.45) is 12.4. The van der Waals surface area contributed by atoms with Gasteiger partial charge in [-0.05, 0) is 39.2 Å². The van der Waals surface area contributed by atoms with Crippen LogP contribution in [0.1, 0.15) is 78.8 Å². The third-order valence-electron chi connectivity index (χ3n) is 4.74. The highest BCUT2D eigenvalue weighted by atomic mass is 32.1. The van der Waals surface area contributed by atoms with E-state index in [4.69, 9.17) is 4.98 Å². The summed E-state index contributed by atoms with van der Waals surface area (Å²) < 4.78 is 0. The predicted molar refractivity (Wildman–Crippen MR) is 82.2 cm³/mol. The average Bonchev–Trinajstić information content (AvgIpc) is 2.68. The molecule has 1 aromatic heterocycles.